The second kappa shape index (κ2) is 3.23. The molecule has 0 saturated heterocycles. The van der Waals surface area contributed by atoms with Crippen molar-refractivity contribution in [2.75, 3.05) is 6.54 Å². The van der Waals surface area contributed by atoms with Crippen LogP contribution in [0.1, 0.15) is 46.5 Å². The third-order valence-electron chi connectivity index (χ3n) is 4.99. The number of hydrogen-bond acceptors (Lipinski definition) is 1. The van der Waals surface area contributed by atoms with Gasteiger partial charge in [0, 0.05) is 6.04 Å². The highest BCUT2D eigenvalue weighted by Crippen LogP contribution is 2.65. The Hall–Kier alpha value is -0.0400. The van der Waals surface area contributed by atoms with Gasteiger partial charge in [0.1, 0.15) is 0 Å². The second-order valence-corrected chi connectivity index (χ2v) is 7.28. The Bertz CT molecular complexity index is 237. The maximum atomic E-state index is 3.82. The summed E-state index contributed by atoms with van der Waals surface area (Å²) in [5.74, 6) is 4.44. The Morgan fingerprint density at radius 1 is 1.07 bits per heavy atom. The van der Waals surface area contributed by atoms with E-state index in [0.717, 1.165) is 29.7 Å². The first kappa shape index (κ1) is 10.1. The van der Waals surface area contributed by atoms with E-state index < -0.39 is 0 Å². The average molecular weight is 207 g/mol. The Morgan fingerprint density at radius 2 is 1.67 bits per heavy atom. The van der Waals surface area contributed by atoms with Crippen LogP contribution in [0.4, 0.5) is 0 Å². The minimum atomic E-state index is 0.496. The van der Waals surface area contributed by atoms with Gasteiger partial charge < -0.3 is 5.32 Å². The zero-order valence-electron chi connectivity index (χ0n) is 10.4. The molecule has 86 valence electrons. The Kier molecular flexibility index (Phi) is 2.18. The zero-order valence-corrected chi connectivity index (χ0v) is 10.4. The van der Waals surface area contributed by atoms with Gasteiger partial charge in [0.25, 0.3) is 0 Å². The summed E-state index contributed by atoms with van der Waals surface area (Å²) in [7, 11) is 0. The lowest BCUT2D eigenvalue weighted by Crippen LogP contribution is -2.26. The summed E-state index contributed by atoms with van der Waals surface area (Å²) in [6, 6.07) is 0.929. The molecule has 0 aliphatic heterocycles. The number of nitrogens with one attached hydrogen (secondary N) is 1. The summed E-state index contributed by atoms with van der Waals surface area (Å²) in [4.78, 5) is 0. The summed E-state index contributed by atoms with van der Waals surface area (Å²) >= 11 is 0. The normalized spacial score (nSPS) is 47.0. The van der Waals surface area contributed by atoms with Crippen molar-refractivity contribution in [2.24, 2.45) is 29.1 Å². The molecule has 1 heteroatoms. The molecule has 15 heavy (non-hydrogen) atoms. The fourth-order valence-corrected chi connectivity index (χ4v) is 4.21. The summed E-state index contributed by atoms with van der Waals surface area (Å²) in [6.07, 6.45) is 5.98. The number of rotatable bonds is 3. The van der Waals surface area contributed by atoms with Crippen LogP contribution < -0.4 is 5.32 Å². The first-order chi connectivity index (χ1) is 7.06. The maximum absolute atomic E-state index is 3.82. The van der Waals surface area contributed by atoms with Crippen LogP contribution in [0.2, 0.25) is 0 Å². The molecule has 3 aliphatic carbocycles. The molecule has 3 rings (SSSR count). The van der Waals surface area contributed by atoms with E-state index in [1.165, 1.54) is 13.0 Å². The van der Waals surface area contributed by atoms with E-state index in [1.807, 2.05) is 0 Å². The van der Waals surface area contributed by atoms with Crippen molar-refractivity contribution >= 4 is 0 Å². The molecule has 0 amide bonds. The van der Waals surface area contributed by atoms with Crippen molar-refractivity contribution in [1.29, 1.82) is 0 Å². The van der Waals surface area contributed by atoms with E-state index in [0.29, 0.717) is 5.41 Å². The lowest BCUT2D eigenvalue weighted by Gasteiger charge is -2.19. The minimum Gasteiger partial charge on any atom is -0.313 e. The smallest absolute Gasteiger partial charge is 0.0135 e. The molecule has 0 aromatic rings. The Labute approximate surface area is 94.0 Å². The molecule has 4 atom stereocenters. The van der Waals surface area contributed by atoms with Crippen LogP contribution in [0.25, 0.3) is 0 Å². The fourth-order valence-electron chi connectivity index (χ4n) is 4.21. The largest absolute Gasteiger partial charge is 0.313 e. The van der Waals surface area contributed by atoms with Crippen LogP contribution in [-0.4, -0.2) is 12.6 Å². The van der Waals surface area contributed by atoms with Gasteiger partial charge in [0.15, 0.2) is 0 Å². The zero-order chi connectivity index (χ0) is 10.6. The van der Waals surface area contributed by atoms with Crippen LogP contribution in [0.5, 0.6) is 0 Å². The van der Waals surface area contributed by atoms with E-state index in [4.69, 9.17) is 0 Å². The maximum Gasteiger partial charge on any atom is 0.0135 e. The van der Waals surface area contributed by atoms with E-state index in [-0.39, 0.29) is 0 Å². The molecule has 1 N–H and O–H groups in total. The number of hydrogen-bond donors (Lipinski definition) is 1. The standard InChI is InChI=1S/C14H25N/c1-14(2,3)6-7-15-13-11-9-4-5-10(8-9)12(11)13/h9-13,15H,4-8H2,1-3H3. The molecule has 2 bridgehead atoms. The summed E-state index contributed by atoms with van der Waals surface area (Å²) in [5, 5.41) is 3.82. The van der Waals surface area contributed by atoms with Crippen molar-refractivity contribution in [3.05, 3.63) is 0 Å². The molecule has 0 aromatic heterocycles. The van der Waals surface area contributed by atoms with Gasteiger partial charge in [-0.25, -0.2) is 0 Å². The lowest BCUT2D eigenvalue weighted by molar-refractivity contribution is 0.355. The molecule has 0 radical (unpaired) electrons. The van der Waals surface area contributed by atoms with Gasteiger partial charge in [-0.1, -0.05) is 20.8 Å². The van der Waals surface area contributed by atoms with Gasteiger partial charge in [-0.05, 0) is 61.3 Å². The van der Waals surface area contributed by atoms with Gasteiger partial charge in [-0.15, -0.1) is 0 Å². The van der Waals surface area contributed by atoms with E-state index in [1.54, 1.807) is 19.3 Å². The van der Waals surface area contributed by atoms with E-state index in [9.17, 15) is 0 Å². The molecule has 4 unspecified atom stereocenters. The van der Waals surface area contributed by atoms with Crippen molar-refractivity contribution in [2.45, 2.75) is 52.5 Å². The van der Waals surface area contributed by atoms with Gasteiger partial charge in [0.05, 0.1) is 0 Å². The van der Waals surface area contributed by atoms with Crippen LogP contribution >= 0.6 is 0 Å². The highest BCUT2D eigenvalue weighted by atomic mass is 15.0. The molecular formula is C14H25N. The molecular weight excluding hydrogens is 182 g/mol. The van der Waals surface area contributed by atoms with Crippen molar-refractivity contribution in [1.82, 2.24) is 5.32 Å². The molecule has 0 aromatic carbocycles. The highest BCUT2D eigenvalue weighted by Gasteiger charge is 2.64. The van der Waals surface area contributed by atoms with Crippen molar-refractivity contribution < 1.29 is 0 Å². The lowest BCUT2D eigenvalue weighted by atomic mass is 9.92. The summed E-state index contributed by atoms with van der Waals surface area (Å²) < 4.78 is 0. The van der Waals surface area contributed by atoms with Crippen LogP contribution in [0, 0.1) is 29.1 Å². The van der Waals surface area contributed by atoms with Crippen molar-refractivity contribution in [3.8, 4) is 0 Å². The number of fused-ring (bicyclic) bond motifs is 5. The summed E-state index contributed by atoms with van der Waals surface area (Å²) in [6.45, 7) is 8.25. The van der Waals surface area contributed by atoms with Gasteiger partial charge >= 0.3 is 0 Å². The average Bonchev–Trinajstić information content (AvgIpc) is 2.55. The predicted molar refractivity (Wildman–Crippen MR) is 63.7 cm³/mol. The monoisotopic (exact) mass is 207 g/mol. The first-order valence-electron chi connectivity index (χ1n) is 6.80. The molecule has 3 saturated carbocycles. The van der Waals surface area contributed by atoms with E-state index >= 15 is 0 Å². The molecule has 3 fully saturated rings. The molecule has 0 spiro atoms. The fraction of sp³-hybridized carbons (Fsp3) is 1.00. The van der Waals surface area contributed by atoms with Crippen LogP contribution in [0.3, 0.4) is 0 Å². The second-order valence-electron chi connectivity index (χ2n) is 7.28. The third-order valence-corrected chi connectivity index (χ3v) is 4.99. The molecule has 0 heterocycles. The topological polar surface area (TPSA) is 12.0 Å². The third kappa shape index (κ3) is 1.73. The van der Waals surface area contributed by atoms with Gasteiger partial charge in [0.2, 0.25) is 0 Å². The van der Waals surface area contributed by atoms with E-state index in [2.05, 4.69) is 26.1 Å². The van der Waals surface area contributed by atoms with Gasteiger partial charge in [-0.3, -0.25) is 0 Å². The highest BCUT2D eigenvalue weighted by molar-refractivity contribution is 5.16. The van der Waals surface area contributed by atoms with Crippen molar-refractivity contribution in [3.63, 3.8) is 0 Å². The Balaban J connectivity index is 1.45. The minimum absolute atomic E-state index is 0.496. The first-order valence-corrected chi connectivity index (χ1v) is 6.80. The van der Waals surface area contributed by atoms with Crippen LogP contribution in [0.15, 0.2) is 0 Å². The van der Waals surface area contributed by atoms with Crippen LogP contribution in [-0.2, 0) is 0 Å². The predicted octanol–water partition coefficient (Wildman–Crippen LogP) is 3.06. The molecule has 3 aliphatic rings. The van der Waals surface area contributed by atoms with Gasteiger partial charge in [-0.2, -0.15) is 0 Å². The SMILES string of the molecule is CC(C)(C)CCNC1C2C3CCC(C3)C12. The Morgan fingerprint density at radius 3 is 2.20 bits per heavy atom. The molecule has 1 nitrogen and oxygen atoms in total. The summed E-state index contributed by atoms with van der Waals surface area (Å²) in [5.41, 5.74) is 0.496. The quantitative estimate of drug-likeness (QED) is 0.750.